The summed E-state index contributed by atoms with van der Waals surface area (Å²) < 4.78 is 23.7. The van der Waals surface area contributed by atoms with Gasteiger partial charge in [-0.2, -0.15) is 0 Å². The van der Waals surface area contributed by atoms with Crippen molar-refractivity contribution < 1.29 is 8.42 Å². The molecule has 4 nitrogen and oxygen atoms in total. The largest absolute Gasteiger partial charge is 0.333 e. The molecule has 0 aliphatic heterocycles. The fourth-order valence-electron chi connectivity index (χ4n) is 1.17. The fourth-order valence-corrected chi connectivity index (χ4v) is 1.89. The smallest absolute Gasteiger partial charge is 0.280 e. The fraction of sp³-hybridized carbons (Fsp3) is 0.625. The molecule has 0 N–H and O–H groups in total. The Labute approximate surface area is 88.3 Å². The summed E-state index contributed by atoms with van der Waals surface area (Å²) >= 11 is 0. The first kappa shape index (κ1) is 11.5. The van der Waals surface area contributed by atoms with E-state index in [0.29, 0.717) is 11.7 Å². The SMILES string of the molecule is Cc1nc(S(=O)(=O)Cl)cn1CC(C)C. The van der Waals surface area contributed by atoms with Gasteiger partial charge in [-0.3, -0.25) is 0 Å². The second kappa shape index (κ2) is 3.90. The predicted molar refractivity (Wildman–Crippen MR) is 54.8 cm³/mol. The Bertz CT molecular complexity index is 423. The molecule has 80 valence electrons. The van der Waals surface area contributed by atoms with Gasteiger partial charge in [0.15, 0.2) is 5.03 Å². The zero-order valence-corrected chi connectivity index (χ0v) is 9.93. The molecule has 0 spiro atoms. The molecule has 0 saturated carbocycles. The molecule has 0 atom stereocenters. The Morgan fingerprint density at radius 2 is 2.14 bits per heavy atom. The van der Waals surface area contributed by atoms with Gasteiger partial charge < -0.3 is 4.57 Å². The van der Waals surface area contributed by atoms with Gasteiger partial charge >= 0.3 is 0 Å². The molecule has 0 bridgehead atoms. The van der Waals surface area contributed by atoms with E-state index in [1.54, 1.807) is 11.5 Å². The van der Waals surface area contributed by atoms with Crippen LogP contribution >= 0.6 is 10.7 Å². The zero-order chi connectivity index (χ0) is 10.9. The normalized spacial score (nSPS) is 12.4. The standard InChI is InChI=1S/C8H13ClN2O2S/c1-6(2)4-11-5-8(10-7(11)3)14(9,12)13/h5-6H,4H2,1-3H3. The van der Waals surface area contributed by atoms with Crippen LogP contribution in [0.3, 0.4) is 0 Å². The van der Waals surface area contributed by atoms with E-state index in [1.165, 1.54) is 6.20 Å². The minimum Gasteiger partial charge on any atom is -0.333 e. The average molecular weight is 237 g/mol. The Kier molecular flexibility index (Phi) is 3.21. The first-order valence-electron chi connectivity index (χ1n) is 4.29. The van der Waals surface area contributed by atoms with E-state index in [0.717, 1.165) is 6.54 Å². The van der Waals surface area contributed by atoms with Gasteiger partial charge in [-0.25, -0.2) is 13.4 Å². The summed E-state index contributed by atoms with van der Waals surface area (Å²) in [4.78, 5) is 3.88. The van der Waals surface area contributed by atoms with Gasteiger partial charge in [-0.1, -0.05) is 13.8 Å². The maximum atomic E-state index is 11.0. The lowest BCUT2D eigenvalue weighted by atomic mass is 10.2. The van der Waals surface area contributed by atoms with Crippen LogP contribution in [-0.4, -0.2) is 18.0 Å². The van der Waals surface area contributed by atoms with Crippen molar-refractivity contribution in [1.82, 2.24) is 9.55 Å². The Morgan fingerprint density at radius 3 is 2.50 bits per heavy atom. The van der Waals surface area contributed by atoms with E-state index in [9.17, 15) is 8.42 Å². The van der Waals surface area contributed by atoms with Gasteiger partial charge in [-0.05, 0) is 12.8 Å². The van der Waals surface area contributed by atoms with E-state index in [4.69, 9.17) is 10.7 Å². The van der Waals surface area contributed by atoms with Crippen LogP contribution in [0.1, 0.15) is 19.7 Å². The highest BCUT2D eigenvalue weighted by Gasteiger charge is 2.16. The van der Waals surface area contributed by atoms with Crippen molar-refractivity contribution in [3.8, 4) is 0 Å². The van der Waals surface area contributed by atoms with Gasteiger partial charge in [0.25, 0.3) is 9.05 Å². The highest BCUT2D eigenvalue weighted by Crippen LogP contribution is 2.15. The topological polar surface area (TPSA) is 52.0 Å². The second-order valence-corrected chi connectivity index (χ2v) is 6.12. The maximum Gasteiger partial charge on any atom is 0.280 e. The highest BCUT2D eigenvalue weighted by atomic mass is 35.7. The lowest BCUT2D eigenvalue weighted by molar-refractivity contribution is 0.513. The van der Waals surface area contributed by atoms with Crippen LogP contribution < -0.4 is 0 Å². The highest BCUT2D eigenvalue weighted by molar-refractivity contribution is 8.13. The van der Waals surface area contributed by atoms with Crippen molar-refractivity contribution in [3.05, 3.63) is 12.0 Å². The first-order chi connectivity index (χ1) is 6.30. The number of aromatic nitrogens is 2. The summed E-state index contributed by atoms with van der Waals surface area (Å²) in [6.07, 6.45) is 1.47. The molecular weight excluding hydrogens is 224 g/mol. The summed E-state index contributed by atoms with van der Waals surface area (Å²) in [5.74, 6) is 1.10. The number of hydrogen-bond donors (Lipinski definition) is 0. The Morgan fingerprint density at radius 1 is 1.57 bits per heavy atom. The number of nitrogens with zero attached hydrogens (tertiary/aromatic N) is 2. The molecule has 0 amide bonds. The molecule has 1 aromatic heterocycles. The molecule has 6 heteroatoms. The van der Waals surface area contributed by atoms with E-state index in [1.807, 2.05) is 13.8 Å². The van der Waals surface area contributed by atoms with Crippen LogP contribution in [0.25, 0.3) is 0 Å². The Balaban J connectivity index is 3.06. The molecule has 0 aliphatic rings. The van der Waals surface area contributed by atoms with Crippen LogP contribution in [0.2, 0.25) is 0 Å². The van der Waals surface area contributed by atoms with E-state index in [2.05, 4.69) is 4.98 Å². The van der Waals surface area contributed by atoms with Crippen LogP contribution in [0.15, 0.2) is 11.2 Å². The van der Waals surface area contributed by atoms with E-state index in [-0.39, 0.29) is 5.03 Å². The number of rotatable bonds is 3. The monoisotopic (exact) mass is 236 g/mol. The zero-order valence-electron chi connectivity index (χ0n) is 8.36. The molecule has 1 aromatic rings. The molecule has 1 rings (SSSR count). The molecule has 0 aliphatic carbocycles. The summed E-state index contributed by atoms with van der Waals surface area (Å²) in [6.45, 7) is 6.60. The molecule has 14 heavy (non-hydrogen) atoms. The van der Waals surface area contributed by atoms with Gasteiger partial charge in [0.2, 0.25) is 0 Å². The van der Waals surface area contributed by atoms with Crippen molar-refractivity contribution in [2.75, 3.05) is 0 Å². The van der Waals surface area contributed by atoms with Crippen LogP contribution in [0.4, 0.5) is 0 Å². The van der Waals surface area contributed by atoms with Gasteiger partial charge in [-0.15, -0.1) is 0 Å². The lowest BCUT2D eigenvalue weighted by Crippen LogP contribution is -2.04. The van der Waals surface area contributed by atoms with Crippen LogP contribution in [-0.2, 0) is 15.6 Å². The summed E-state index contributed by atoms with van der Waals surface area (Å²) in [5.41, 5.74) is 0. The molecule has 0 unspecified atom stereocenters. The van der Waals surface area contributed by atoms with Crippen LogP contribution in [0.5, 0.6) is 0 Å². The Hall–Kier alpha value is -0.550. The van der Waals surface area contributed by atoms with E-state index < -0.39 is 9.05 Å². The van der Waals surface area contributed by atoms with Crippen molar-refractivity contribution in [2.45, 2.75) is 32.3 Å². The van der Waals surface area contributed by atoms with Crippen LogP contribution in [0, 0.1) is 12.8 Å². The maximum absolute atomic E-state index is 11.0. The second-order valence-electron chi connectivity index (χ2n) is 3.61. The molecule has 0 aromatic carbocycles. The van der Waals surface area contributed by atoms with Crippen molar-refractivity contribution in [2.24, 2.45) is 5.92 Å². The minimum atomic E-state index is -3.70. The third-order valence-electron chi connectivity index (χ3n) is 1.77. The third kappa shape index (κ3) is 2.72. The van der Waals surface area contributed by atoms with Gasteiger partial charge in [0.1, 0.15) is 5.82 Å². The van der Waals surface area contributed by atoms with E-state index >= 15 is 0 Å². The lowest BCUT2D eigenvalue weighted by Gasteiger charge is -2.06. The number of halogens is 1. The summed E-state index contributed by atoms with van der Waals surface area (Å²) in [7, 11) is 1.48. The predicted octanol–water partition coefficient (Wildman–Crippen LogP) is 1.78. The van der Waals surface area contributed by atoms with Gasteiger partial charge in [0.05, 0.1) is 0 Å². The summed E-state index contributed by atoms with van der Waals surface area (Å²) in [6, 6.07) is 0. The van der Waals surface area contributed by atoms with Crippen molar-refractivity contribution in [1.29, 1.82) is 0 Å². The quantitative estimate of drug-likeness (QED) is 0.752. The summed E-state index contributed by atoms with van der Waals surface area (Å²) in [5, 5.41) is -0.0719. The third-order valence-corrected chi connectivity index (χ3v) is 2.94. The molecule has 1 heterocycles. The average Bonchev–Trinajstić information content (AvgIpc) is 2.30. The number of aryl methyl sites for hydroxylation is 1. The number of hydrogen-bond acceptors (Lipinski definition) is 3. The molecular formula is C8H13ClN2O2S. The first-order valence-corrected chi connectivity index (χ1v) is 6.60. The number of imidazole rings is 1. The molecule has 0 saturated heterocycles. The van der Waals surface area contributed by atoms with Crippen molar-refractivity contribution in [3.63, 3.8) is 0 Å². The van der Waals surface area contributed by atoms with Gasteiger partial charge in [0, 0.05) is 23.4 Å². The molecule has 0 radical (unpaired) electrons. The molecule has 0 fully saturated rings. The van der Waals surface area contributed by atoms with Crippen molar-refractivity contribution >= 4 is 19.7 Å². The minimum absolute atomic E-state index is 0.0719.